The van der Waals surface area contributed by atoms with E-state index in [0.717, 1.165) is 23.5 Å². The molecule has 1 aromatic carbocycles. The van der Waals surface area contributed by atoms with E-state index in [0.29, 0.717) is 22.7 Å². The van der Waals surface area contributed by atoms with Crippen LogP contribution in [0, 0.1) is 12.8 Å². The molecule has 2 aromatic rings. The average Bonchev–Trinajstić information content (AvgIpc) is 2.95. The van der Waals surface area contributed by atoms with Crippen molar-refractivity contribution in [3.63, 3.8) is 0 Å². The molecule has 1 unspecified atom stereocenters. The topological polar surface area (TPSA) is 68.3 Å². The standard InChI is InChI=1S/C17H17ClN2O3S/c1-9-19-13-6-4-10(8-15(13)24-9)16(21)20-14-7-11(17(22)23-2)3-5-12(14)18/h3,5,7,10H,4,6,8H2,1-2H3,(H,20,21). The molecule has 0 saturated carbocycles. The molecule has 5 nitrogen and oxygen atoms in total. The van der Waals surface area contributed by atoms with Gasteiger partial charge in [-0.1, -0.05) is 11.6 Å². The van der Waals surface area contributed by atoms with Gasteiger partial charge in [0.15, 0.2) is 0 Å². The van der Waals surface area contributed by atoms with E-state index in [9.17, 15) is 9.59 Å². The summed E-state index contributed by atoms with van der Waals surface area (Å²) in [5.41, 5.74) is 1.89. The largest absolute Gasteiger partial charge is 0.465 e. The molecule has 1 aromatic heterocycles. The Bertz CT molecular complexity index is 803. The van der Waals surface area contributed by atoms with E-state index in [1.807, 2.05) is 6.92 Å². The number of carbonyl (C=O) groups excluding carboxylic acids is 2. The maximum atomic E-state index is 12.6. The number of benzene rings is 1. The summed E-state index contributed by atoms with van der Waals surface area (Å²) in [6.45, 7) is 1.98. The number of aryl methyl sites for hydroxylation is 2. The molecule has 1 heterocycles. The SMILES string of the molecule is COC(=O)c1ccc(Cl)c(NC(=O)C2CCc3nc(C)sc3C2)c1. The number of hydrogen-bond acceptors (Lipinski definition) is 5. The van der Waals surface area contributed by atoms with E-state index in [4.69, 9.17) is 16.3 Å². The van der Waals surface area contributed by atoms with Crippen molar-refractivity contribution in [2.24, 2.45) is 5.92 Å². The van der Waals surface area contributed by atoms with Crippen LogP contribution in [0.2, 0.25) is 5.02 Å². The highest BCUT2D eigenvalue weighted by Gasteiger charge is 2.27. The molecular weight excluding hydrogens is 348 g/mol. The molecule has 1 N–H and O–H groups in total. The van der Waals surface area contributed by atoms with Crippen molar-refractivity contribution in [3.05, 3.63) is 44.4 Å². The number of rotatable bonds is 3. The van der Waals surface area contributed by atoms with E-state index in [1.165, 1.54) is 18.1 Å². The van der Waals surface area contributed by atoms with Gasteiger partial charge >= 0.3 is 5.97 Å². The molecule has 0 bridgehead atoms. The summed E-state index contributed by atoms with van der Waals surface area (Å²) < 4.78 is 4.69. The number of ether oxygens (including phenoxy) is 1. The number of esters is 1. The van der Waals surface area contributed by atoms with Gasteiger partial charge in [-0.15, -0.1) is 11.3 Å². The lowest BCUT2D eigenvalue weighted by Crippen LogP contribution is -2.28. The Labute approximate surface area is 149 Å². The molecule has 0 spiro atoms. The number of anilines is 1. The third kappa shape index (κ3) is 3.44. The summed E-state index contributed by atoms with van der Waals surface area (Å²) in [7, 11) is 1.31. The molecule has 0 fully saturated rings. The molecule has 7 heteroatoms. The van der Waals surface area contributed by atoms with Crippen LogP contribution in [0.1, 0.15) is 32.4 Å². The second-order valence-electron chi connectivity index (χ2n) is 5.72. The van der Waals surface area contributed by atoms with Crippen LogP contribution in [0.25, 0.3) is 0 Å². The Kier molecular flexibility index (Phi) is 4.87. The van der Waals surface area contributed by atoms with Crippen LogP contribution in [0.3, 0.4) is 0 Å². The zero-order valence-corrected chi connectivity index (χ0v) is 15.0. The Hall–Kier alpha value is -1.92. The quantitative estimate of drug-likeness (QED) is 0.844. The minimum atomic E-state index is -0.468. The lowest BCUT2D eigenvalue weighted by molar-refractivity contribution is -0.120. The van der Waals surface area contributed by atoms with Crippen molar-refractivity contribution in [2.75, 3.05) is 12.4 Å². The molecule has 0 radical (unpaired) electrons. The van der Waals surface area contributed by atoms with Gasteiger partial charge in [0.1, 0.15) is 0 Å². The van der Waals surface area contributed by atoms with Gasteiger partial charge in [-0.25, -0.2) is 9.78 Å². The van der Waals surface area contributed by atoms with Gasteiger partial charge in [0, 0.05) is 10.8 Å². The van der Waals surface area contributed by atoms with Gasteiger partial charge in [-0.2, -0.15) is 0 Å². The summed E-state index contributed by atoms with van der Waals surface area (Å²) in [5.74, 6) is -0.671. The van der Waals surface area contributed by atoms with Gasteiger partial charge < -0.3 is 10.1 Å². The summed E-state index contributed by atoms with van der Waals surface area (Å²) in [4.78, 5) is 29.9. The number of amides is 1. The molecule has 24 heavy (non-hydrogen) atoms. The third-order valence-corrected chi connectivity index (χ3v) is 5.43. The number of thiazole rings is 1. The normalized spacial score (nSPS) is 16.4. The molecule has 1 amide bonds. The first kappa shape index (κ1) is 16.9. The summed E-state index contributed by atoms with van der Waals surface area (Å²) in [6, 6.07) is 4.68. The average molecular weight is 365 g/mol. The fourth-order valence-corrected chi connectivity index (χ4v) is 4.06. The second-order valence-corrected chi connectivity index (χ2v) is 7.41. The number of nitrogens with zero attached hydrogens (tertiary/aromatic N) is 1. The van der Waals surface area contributed by atoms with Gasteiger partial charge in [-0.3, -0.25) is 4.79 Å². The summed E-state index contributed by atoms with van der Waals surface area (Å²) in [5, 5.41) is 4.27. The monoisotopic (exact) mass is 364 g/mol. The zero-order chi connectivity index (χ0) is 17.3. The predicted molar refractivity (Wildman–Crippen MR) is 93.8 cm³/mol. The molecule has 126 valence electrons. The number of halogens is 1. The van der Waals surface area contributed by atoms with Gasteiger partial charge in [0.05, 0.1) is 34.1 Å². The van der Waals surface area contributed by atoms with Crippen LogP contribution in [0.4, 0.5) is 5.69 Å². The Morgan fingerprint density at radius 2 is 2.21 bits per heavy atom. The van der Waals surface area contributed by atoms with Crippen molar-refractivity contribution >= 4 is 40.5 Å². The van der Waals surface area contributed by atoms with Crippen LogP contribution >= 0.6 is 22.9 Å². The smallest absolute Gasteiger partial charge is 0.337 e. The van der Waals surface area contributed by atoms with Crippen molar-refractivity contribution in [3.8, 4) is 0 Å². The molecule has 1 aliphatic carbocycles. The van der Waals surface area contributed by atoms with Gasteiger partial charge in [0.25, 0.3) is 0 Å². The first-order valence-electron chi connectivity index (χ1n) is 7.62. The van der Waals surface area contributed by atoms with Crippen molar-refractivity contribution in [1.82, 2.24) is 4.98 Å². The van der Waals surface area contributed by atoms with Crippen LogP contribution < -0.4 is 5.32 Å². The third-order valence-electron chi connectivity index (χ3n) is 4.06. The minimum absolute atomic E-state index is 0.0874. The lowest BCUT2D eigenvalue weighted by Gasteiger charge is -2.21. The van der Waals surface area contributed by atoms with Gasteiger partial charge in [0.2, 0.25) is 5.91 Å². The number of methoxy groups -OCH3 is 1. The molecule has 0 aliphatic heterocycles. The molecule has 1 atom stereocenters. The van der Waals surface area contributed by atoms with Crippen LogP contribution in [0.5, 0.6) is 0 Å². The summed E-state index contributed by atoms with van der Waals surface area (Å²) in [6.07, 6.45) is 2.27. The number of fused-ring (bicyclic) bond motifs is 1. The lowest BCUT2D eigenvalue weighted by atomic mass is 9.90. The van der Waals surface area contributed by atoms with E-state index < -0.39 is 5.97 Å². The Balaban J connectivity index is 1.74. The highest BCUT2D eigenvalue weighted by atomic mass is 35.5. The highest BCUT2D eigenvalue weighted by Crippen LogP contribution is 2.31. The first-order chi connectivity index (χ1) is 11.5. The molecular formula is C17H17ClN2O3S. The fourth-order valence-electron chi connectivity index (χ4n) is 2.83. The number of carbonyl (C=O) groups is 2. The van der Waals surface area contributed by atoms with Crippen molar-refractivity contribution in [2.45, 2.75) is 26.2 Å². The van der Waals surface area contributed by atoms with Crippen molar-refractivity contribution in [1.29, 1.82) is 0 Å². The Morgan fingerprint density at radius 3 is 2.96 bits per heavy atom. The molecule has 1 aliphatic rings. The number of aromatic nitrogens is 1. The zero-order valence-electron chi connectivity index (χ0n) is 13.4. The van der Waals surface area contributed by atoms with Crippen LogP contribution in [0.15, 0.2) is 18.2 Å². The number of nitrogens with one attached hydrogen (secondary N) is 1. The van der Waals surface area contributed by atoms with Gasteiger partial charge in [-0.05, 0) is 44.4 Å². The minimum Gasteiger partial charge on any atom is -0.465 e. The fraction of sp³-hybridized carbons (Fsp3) is 0.353. The number of hydrogen-bond donors (Lipinski definition) is 1. The molecule has 0 saturated heterocycles. The predicted octanol–water partition coefficient (Wildman–Crippen LogP) is 3.64. The van der Waals surface area contributed by atoms with E-state index in [-0.39, 0.29) is 11.8 Å². The molecule has 3 rings (SSSR count). The van der Waals surface area contributed by atoms with Crippen LogP contribution in [-0.4, -0.2) is 24.0 Å². The first-order valence-corrected chi connectivity index (χ1v) is 8.81. The van der Waals surface area contributed by atoms with Crippen molar-refractivity contribution < 1.29 is 14.3 Å². The highest BCUT2D eigenvalue weighted by molar-refractivity contribution is 7.11. The second kappa shape index (κ2) is 6.91. The van der Waals surface area contributed by atoms with E-state index >= 15 is 0 Å². The summed E-state index contributed by atoms with van der Waals surface area (Å²) >= 11 is 7.79. The maximum Gasteiger partial charge on any atom is 0.337 e. The maximum absolute atomic E-state index is 12.6. The Morgan fingerprint density at radius 1 is 1.42 bits per heavy atom. The van der Waals surface area contributed by atoms with Crippen LogP contribution in [-0.2, 0) is 22.4 Å². The van der Waals surface area contributed by atoms with E-state index in [2.05, 4.69) is 10.3 Å². The van der Waals surface area contributed by atoms with E-state index in [1.54, 1.807) is 23.5 Å².